The van der Waals surface area contributed by atoms with Gasteiger partial charge in [0.15, 0.2) is 0 Å². The summed E-state index contributed by atoms with van der Waals surface area (Å²) in [5.41, 5.74) is 0.613. The second-order valence-corrected chi connectivity index (χ2v) is 5.90. The summed E-state index contributed by atoms with van der Waals surface area (Å²) in [6.07, 6.45) is 8.68. The maximum Gasteiger partial charge on any atom is 0.0547 e. The molecule has 1 unspecified atom stereocenters. The molecule has 0 amide bonds. The molecule has 0 aromatic heterocycles. The van der Waals surface area contributed by atoms with Crippen molar-refractivity contribution in [2.24, 2.45) is 17.3 Å². The highest BCUT2D eigenvalue weighted by Gasteiger charge is 2.48. The Balaban J connectivity index is 1.58. The van der Waals surface area contributed by atoms with E-state index in [1.807, 2.05) is 0 Å². The lowest BCUT2D eigenvalue weighted by molar-refractivity contribution is -0.173. The van der Waals surface area contributed by atoms with Crippen molar-refractivity contribution in [1.82, 2.24) is 5.32 Å². The van der Waals surface area contributed by atoms with Crippen molar-refractivity contribution in [3.8, 4) is 0 Å². The lowest BCUT2D eigenvalue weighted by atomic mass is 9.60. The van der Waals surface area contributed by atoms with Crippen LogP contribution in [0.1, 0.15) is 38.5 Å². The second kappa shape index (κ2) is 4.06. The van der Waals surface area contributed by atoms with Crippen molar-refractivity contribution in [3.63, 3.8) is 0 Å². The zero-order chi connectivity index (χ0) is 10.1. The van der Waals surface area contributed by atoms with Crippen LogP contribution in [0.25, 0.3) is 0 Å². The molecule has 1 saturated carbocycles. The molecular weight excluding hydrogens is 186 g/mol. The van der Waals surface area contributed by atoms with Gasteiger partial charge in [0.25, 0.3) is 0 Å². The van der Waals surface area contributed by atoms with E-state index in [2.05, 4.69) is 5.32 Å². The fourth-order valence-corrected chi connectivity index (χ4v) is 3.58. The Morgan fingerprint density at radius 3 is 2.47 bits per heavy atom. The highest BCUT2D eigenvalue weighted by atomic mass is 16.5. The molecule has 2 saturated heterocycles. The molecule has 0 spiro atoms. The number of hydrogen-bond acceptors (Lipinski definition) is 2. The third kappa shape index (κ3) is 1.83. The molecule has 1 N–H and O–H groups in total. The van der Waals surface area contributed by atoms with Crippen molar-refractivity contribution >= 4 is 0 Å². The minimum atomic E-state index is 0.613. The van der Waals surface area contributed by atoms with Gasteiger partial charge in [0.1, 0.15) is 0 Å². The first kappa shape index (κ1) is 10.1. The minimum Gasteiger partial charge on any atom is -0.380 e. The van der Waals surface area contributed by atoms with Gasteiger partial charge in [-0.05, 0) is 57.0 Å². The largest absolute Gasteiger partial charge is 0.380 e. The molecule has 0 radical (unpaired) electrons. The van der Waals surface area contributed by atoms with Crippen LogP contribution in [0.4, 0.5) is 0 Å². The SMILES string of the molecule is C1CNCC(CC2(C3CCC3)COC2)C1. The van der Waals surface area contributed by atoms with E-state index in [1.54, 1.807) is 0 Å². The number of piperidine rings is 1. The van der Waals surface area contributed by atoms with Gasteiger partial charge in [-0.3, -0.25) is 0 Å². The summed E-state index contributed by atoms with van der Waals surface area (Å²) in [6, 6.07) is 0. The zero-order valence-corrected chi connectivity index (χ0v) is 9.63. The molecule has 2 nitrogen and oxygen atoms in total. The number of ether oxygens (including phenoxy) is 1. The number of rotatable bonds is 3. The molecule has 1 aliphatic carbocycles. The lowest BCUT2D eigenvalue weighted by Crippen LogP contribution is -2.52. The van der Waals surface area contributed by atoms with Crippen LogP contribution in [0.2, 0.25) is 0 Å². The van der Waals surface area contributed by atoms with Crippen LogP contribution in [0.3, 0.4) is 0 Å². The van der Waals surface area contributed by atoms with Crippen molar-refractivity contribution in [2.75, 3.05) is 26.3 Å². The Hall–Kier alpha value is -0.0800. The average Bonchev–Trinajstić information content (AvgIpc) is 2.13. The van der Waals surface area contributed by atoms with E-state index in [4.69, 9.17) is 4.74 Å². The topological polar surface area (TPSA) is 21.3 Å². The van der Waals surface area contributed by atoms with Crippen LogP contribution in [-0.4, -0.2) is 26.3 Å². The summed E-state index contributed by atoms with van der Waals surface area (Å²) in [5.74, 6) is 1.94. The summed E-state index contributed by atoms with van der Waals surface area (Å²) in [6.45, 7) is 4.63. The van der Waals surface area contributed by atoms with Crippen LogP contribution < -0.4 is 5.32 Å². The molecule has 86 valence electrons. The van der Waals surface area contributed by atoms with Crippen LogP contribution in [0.15, 0.2) is 0 Å². The fourth-order valence-electron chi connectivity index (χ4n) is 3.58. The molecule has 0 aromatic rings. The van der Waals surface area contributed by atoms with Gasteiger partial charge < -0.3 is 10.1 Å². The van der Waals surface area contributed by atoms with Crippen LogP contribution >= 0.6 is 0 Å². The van der Waals surface area contributed by atoms with E-state index in [0.29, 0.717) is 5.41 Å². The predicted octanol–water partition coefficient (Wildman–Crippen LogP) is 2.19. The van der Waals surface area contributed by atoms with Crippen molar-refractivity contribution < 1.29 is 4.74 Å². The molecule has 0 aromatic carbocycles. The first-order valence-electron chi connectivity index (χ1n) is 6.68. The van der Waals surface area contributed by atoms with Crippen molar-refractivity contribution in [3.05, 3.63) is 0 Å². The molecule has 2 aliphatic heterocycles. The minimum absolute atomic E-state index is 0.613. The molecule has 3 aliphatic rings. The van der Waals surface area contributed by atoms with Gasteiger partial charge in [0, 0.05) is 5.41 Å². The summed E-state index contributed by atoms with van der Waals surface area (Å²) in [4.78, 5) is 0. The van der Waals surface area contributed by atoms with E-state index in [9.17, 15) is 0 Å². The highest BCUT2D eigenvalue weighted by molar-refractivity contribution is 4.97. The molecule has 3 rings (SSSR count). The Labute approximate surface area is 92.8 Å². The highest BCUT2D eigenvalue weighted by Crippen LogP contribution is 2.50. The summed E-state index contributed by atoms with van der Waals surface area (Å²) < 4.78 is 5.52. The van der Waals surface area contributed by atoms with Gasteiger partial charge in [-0.15, -0.1) is 0 Å². The monoisotopic (exact) mass is 209 g/mol. The van der Waals surface area contributed by atoms with Crippen molar-refractivity contribution in [1.29, 1.82) is 0 Å². The molecule has 15 heavy (non-hydrogen) atoms. The Morgan fingerprint density at radius 2 is 2.00 bits per heavy atom. The van der Waals surface area contributed by atoms with Gasteiger partial charge in [-0.1, -0.05) is 6.42 Å². The third-order valence-corrected chi connectivity index (χ3v) is 4.84. The lowest BCUT2D eigenvalue weighted by Gasteiger charge is -2.52. The summed E-state index contributed by atoms with van der Waals surface area (Å²) >= 11 is 0. The molecule has 1 atom stereocenters. The quantitative estimate of drug-likeness (QED) is 0.769. The van der Waals surface area contributed by atoms with E-state index in [0.717, 1.165) is 25.0 Å². The van der Waals surface area contributed by atoms with Gasteiger partial charge in [-0.25, -0.2) is 0 Å². The van der Waals surface area contributed by atoms with E-state index in [-0.39, 0.29) is 0 Å². The second-order valence-electron chi connectivity index (χ2n) is 5.90. The first-order chi connectivity index (χ1) is 7.39. The van der Waals surface area contributed by atoms with E-state index in [1.165, 1.54) is 51.6 Å². The standard InChI is InChI=1S/C13H23NO/c1-4-12(5-1)13(9-15-10-13)7-11-3-2-6-14-8-11/h11-12,14H,1-10H2. The fraction of sp³-hybridized carbons (Fsp3) is 1.00. The maximum atomic E-state index is 5.52. The van der Waals surface area contributed by atoms with Gasteiger partial charge in [0.05, 0.1) is 13.2 Å². The van der Waals surface area contributed by atoms with Gasteiger partial charge >= 0.3 is 0 Å². The van der Waals surface area contributed by atoms with Gasteiger partial charge in [0.2, 0.25) is 0 Å². The Bertz CT molecular complexity index is 215. The molecule has 2 heteroatoms. The normalized spacial score (nSPS) is 35.6. The average molecular weight is 209 g/mol. The van der Waals surface area contributed by atoms with Gasteiger partial charge in [-0.2, -0.15) is 0 Å². The molecular formula is C13H23NO. The number of hydrogen-bond donors (Lipinski definition) is 1. The maximum absolute atomic E-state index is 5.52. The van der Waals surface area contributed by atoms with Crippen LogP contribution in [0, 0.1) is 17.3 Å². The molecule has 2 heterocycles. The third-order valence-electron chi connectivity index (χ3n) is 4.84. The van der Waals surface area contributed by atoms with Crippen molar-refractivity contribution in [2.45, 2.75) is 38.5 Å². The zero-order valence-electron chi connectivity index (χ0n) is 9.63. The van der Waals surface area contributed by atoms with Crippen LogP contribution in [-0.2, 0) is 4.74 Å². The van der Waals surface area contributed by atoms with Crippen LogP contribution in [0.5, 0.6) is 0 Å². The first-order valence-corrected chi connectivity index (χ1v) is 6.68. The molecule has 3 fully saturated rings. The smallest absolute Gasteiger partial charge is 0.0547 e. The van der Waals surface area contributed by atoms with E-state index >= 15 is 0 Å². The summed E-state index contributed by atoms with van der Waals surface area (Å²) in [7, 11) is 0. The Kier molecular flexibility index (Phi) is 2.73. The number of nitrogens with one attached hydrogen (secondary N) is 1. The summed E-state index contributed by atoms with van der Waals surface area (Å²) in [5, 5.41) is 3.54. The predicted molar refractivity (Wildman–Crippen MR) is 60.8 cm³/mol. The molecule has 0 bridgehead atoms. The Morgan fingerprint density at radius 1 is 1.13 bits per heavy atom. The van der Waals surface area contributed by atoms with E-state index < -0.39 is 0 Å².